The van der Waals surface area contributed by atoms with Gasteiger partial charge in [-0.05, 0) is 74.7 Å². The van der Waals surface area contributed by atoms with Crippen LogP contribution < -0.4 is 21.7 Å². The highest BCUT2D eigenvalue weighted by Gasteiger charge is 2.16. The van der Waals surface area contributed by atoms with Crippen molar-refractivity contribution < 1.29 is 9.53 Å². The second kappa shape index (κ2) is 10.1. The van der Waals surface area contributed by atoms with Crippen molar-refractivity contribution in [1.29, 1.82) is 0 Å². The van der Waals surface area contributed by atoms with Gasteiger partial charge in [-0.25, -0.2) is 4.79 Å². The zero-order valence-electron chi connectivity index (χ0n) is 18.1. The lowest BCUT2D eigenvalue weighted by molar-refractivity contribution is 0.0636. The van der Waals surface area contributed by atoms with Crippen molar-refractivity contribution >= 4 is 46.7 Å². The van der Waals surface area contributed by atoms with E-state index in [2.05, 4.69) is 30.9 Å². The highest BCUT2D eigenvalue weighted by atomic mass is 35.5. The van der Waals surface area contributed by atoms with Gasteiger partial charge < -0.3 is 21.1 Å². The molecule has 1 aromatic heterocycles. The molecule has 0 aliphatic rings. The van der Waals surface area contributed by atoms with Gasteiger partial charge in [-0.15, -0.1) is 0 Å². The van der Waals surface area contributed by atoms with E-state index < -0.39 is 11.7 Å². The molecule has 0 spiro atoms. The van der Waals surface area contributed by atoms with Gasteiger partial charge in [0.2, 0.25) is 17.2 Å². The summed E-state index contributed by atoms with van der Waals surface area (Å²) >= 11 is 6.06. The molecule has 0 fully saturated rings. The number of amides is 1. The van der Waals surface area contributed by atoms with Crippen molar-refractivity contribution in [3.63, 3.8) is 0 Å². The molecule has 1 heterocycles. The van der Waals surface area contributed by atoms with Crippen LogP contribution in [0.3, 0.4) is 0 Å². The molecule has 2 aromatic carbocycles. The van der Waals surface area contributed by atoms with Gasteiger partial charge in [-0.2, -0.15) is 15.0 Å². The van der Waals surface area contributed by atoms with Crippen LogP contribution in [-0.2, 0) is 11.2 Å². The standard InChI is InChI=1S/C22H26ClN7O2/c1-22(2,3)32-21(31)27-17-6-4-5-16(13-17)26-20-29-18(23)28-19(30-20)25-12-11-14-7-9-15(24)10-8-14/h4-10,13H,11-12,24H2,1-3H3,(H,27,31)(H2,25,26,28,29,30). The summed E-state index contributed by atoms with van der Waals surface area (Å²) in [5, 5.41) is 8.96. The summed E-state index contributed by atoms with van der Waals surface area (Å²) in [5.74, 6) is 0.625. The number of anilines is 5. The average Bonchev–Trinajstić information content (AvgIpc) is 2.68. The zero-order valence-corrected chi connectivity index (χ0v) is 18.9. The number of aromatic nitrogens is 3. The molecule has 32 heavy (non-hydrogen) atoms. The predicted molar refractivity (Wildman–Crippen MR) is 127 cm³/mol. The van der Waals surface area contributed by atoms with E-state index in [0.29, 0.717) is 23.9 Å². The molecule has 0 aliphatic carbocycles. The van der Waals surface area contributed by atoms with E-state index >= 15 is 0 Å². The Hall–Kier alpha value is -3.59. The van der Waals surface area contributed by atoms with Crippen LogP contribution in [0.25, 0.3) is 0 Å². The van der Waals surface area contributed by atoms with Crippen molar-refractivity contribution in [3.05, 3.63) is 59.4 Å². The average molecular weight is 456 g/mol. The number of rotatable bonds is 7. The van der Waals surface area contributed by atoms with Gasteiger partial charge in [0.05, 0.1) is 0 Å². The minimum absolute atomic E-state index is 0.0560. The summed E-state index contributed by atoms with van der Waals surface area (Å²) in [6.45, 7) is 6.02. The first kappa shape index (κ1) is 23.1. The lowest BCUT2D eigenvalue weighted by Gasteiger charge is -2.19. The van der Waals surface area contributed by atoms with Crippen LogP contribution in [0.5, 0.6) is 0 Å². The third-order valence-corrected chi connectivity index (χ3v) is 4.22. The van der Waals surface area contributed by atoms with Crippen LogP contribution in [0, 0.1) is 0 Å². The number of benzene rings is 2. The molecule has 168 valence electrons. The number of carbonyl (C=O) groups is 1. The van der Waals surface area contributed by atoms with Gasteiger partial charge >= 0.3 is 6.09 Å². The maximum Gasteiger partial charge on any atom is 0.412 e. The first-order chi connectivity index (χ1) is 15.2. The second-order valence-corrected chi connectivity index (χ2v) is 8.34. The van der Waals surface area contributed by atoms with Crippen molar-refractivity contribution in [3.8, 4) is 0 Å². The Morgan fingerprint density at radius 1 is 1.03 bits per heavy atom. The number of halogens is 1. The molecule has 0 radical (unpaired) electrons. The Labute approximate surface area is 191 Å². The maximum absolute atomic E-state index is 12.0. The highest BCUT2D eigenvalue weighted by molar-refractivity contribution is 6.28. The minimum atomic E-state index is -0.584. The molecule has 5 N–H and O–H groups in total. The van der Waals surface area contributed by atoms with Crippen molar-refractivity contribution in [2.45, 2.75) is 32.8 Å². The predicted octanol–water partition coefficient (Wildman–Crippen LogP) is 4.85. The van der Waals surface area contributed by atoms with Gasteiger partial charge in [0, 0.05) is 23.6 Å². The van der Waals surface area contributed by atoms with Gasteiger partial charge in [-0.1, -0.05) is 18.2 Å². The highest BCUT2D eigenvalue weighted by Crippen LogP contribution is 2.20. The van der Waals surface area contributed by atoms with Crippen LogP contribution in [0.4, 0.5) is 33.8 Å². The number of hydrogen-bond acceptors (Lipinski definition) is 8. The molecule has 0 bridgehead atoms. The molecular weight excluding hydrogens is 430 g/mol. The largest absolute Gasteiger partial charge is 0.444 e. The molecule has 3 rings (SSSR count). The summed E-state index contributed by atoms with van der Waals surface area (Å²) in [6.07, 6.45) is 0.232. The first-order valence-corrected chi connectivity index (χ1v) is 10.4. The lowest BCUT2D eigenvalue weighted by atomic mass is 10.1. The van der Waals surface area contributed by atoms with Crippen LogP contribution in [0.15, 0.2) is 48.5 Å². The number of nitrogens with one attached hydrogen (secondary N) is 3. The van der Waals surface area contributed by atoms with E-state index in [0.717, 1.165) is 17.7 Å². The van der Waals surface area contributed by atoms with Crippen molar-refractivity contribution in [1.82, 2.24) is 15.0 Å². The molecule has 1 amide bonds. The maximum atomic E-state index is 12.0. The third kappa shape index (κ3) is 7.59. The number of carbonyl (C=O) groups excluding carboxylic acids is 1. The van der Waals surface area contributed by atoms with Crippen LogP contribution in [0.1, 0.15) is 26.3 Å². The van der Waals surface area contributed by atoms with Gasteiger partial charge in [0.15, 0.2) is 0 Å². The Bertz CT molecular complexity index is 1070. The molecule has 0 saturated carbocycles. The monoisotopic (exact) mass is 455 g/mol. The fourth-order valence-corrected chi connectivity index (χ4v) is 2.87. The Balaban J connectivity index is 1.61. The Morgan fingerprint density at radius 2 is 1.72 bits per heavy atom. The molecule has 0 saturated heterocycles. The normalized spacial score (nSPS) is 11.0. The number of hydrogen-bond donors (Lipinski definition) is 4. The van der Waals surface area contributed by atoms with Gasteiger partial charge in [0.1, 0.15) is 5.60 Å². The van der Waals surface area contributed by atoms with Crippen LogP contribution in [-0.4, -0.2) is 33.2 Å². The number of nitrogen functional groups attached to an aromatic ring is 1. The quantitative estimate of drug-likeness (QED) is 0.372. The van der Waals surface area contributed by atoms with E-state index in [1.807, 2.05) is 30.3 Å². The van der Waals surface area contributed by atoms with Crippen molar-refractivity contribution in [2.75, 3.05) is 28.2 Å². The molecule has 3 aromatic rings. The Morgan fingerprint density at radius 3 is 2.44 bits per heavy atom. The van der Waals surface area contributed by atoms with Crippen molar-refractivity contribution in [2.24, 2.45) is 0 Å². The Kier molecular flexibility index (Phi) is 7.32. The summed E-state index contributed by atoms with van der Waals surface area (Å²) in [7, 11) is 0. The smallest absolute Gasteiger partial charge is 0.412 e. The zero-order chi connectivity index (χ0) is 23.1. The number of ether oxygens (including phenoxy) is 1. The van der Waals surface area contributed by atoms with Crippen LogP contribution >= 0.6 is 11.6 Å². The van der Waals surface area contributed by atoms with E-state index in [-0.39, 0.29) is 11.2 Å². The molecule has 0 unspecified atom stereocenters. The minimum Gasteiger partial charge on any atom is -0.444 e. The molecular formula is C22H26ClN7O2. The van der Waals surface area contributed by atoms with Crippen LogP contribution in [0.2, 0.25) is 5.28 Å². The van der Waals surface area contributed by atoms with Gasteiger partial charge in [0.25, 0.3) is 0 Å². The number of nitrogens with two attached hydrogens (primary N) is 1. The summed E-state index contributed by atoms with van der Waals surface area (Å²) in [4.78, 5) is 24.6. The fourth-order valence-electron chi connectivity index (χ4n) is 2.71. The molecule has 10 heteroatoms. The van der Waals surface area contributed by atoms with Gasteiger partial charge in [-0.3, -0.25) is 5.32 Å². The second-order valence-electron chi connectivity index (χ2n) is 8.00. The molecule has 0 atom stereocenters. The summed E-state index contributed by atoms with van der Waals surface area (Å²) in [6, 6.07) is 14.8. The lowest BCUT2D eigenvalue weighted by Crippen LogP contribution is -2.27. The summed E-state index contributed by atoms with van der Waals surface area (Å²) in [5.41, 5.74) is 8.21. The first-order valence-electron chi connectivity index (χ1n) is 10.0. The SMILES string of the molecule is CC(C)(C)OC(=O)Nc1cccc(Nc2nc(Cl)nc(NCCc3ccc(N)cc3)n2)c1. The topological polar surface area (TPSA) is 127 Å². The van der Waals surface area contributed by atoms with E-state index in [4.69, 9.17) is 22.1 Å². The number of nitrogens with zero attached hydrogens (tertiary/aromatic N) is 3. The van der Waals surface area contributed by atoms with E-state index in [9.17, 15) is 4.79 Å². The van der Waals surface area contributed by atoms with E-state index in [1.54, 1.807) is 39.0 Å². The summed E-state index contributed by atoms with van der Waals surface area (Å²) < 4.78 is 5.27. The third-order valence-electron chi connectivity index (χ3n) is 4.05. The molecule has 0 aliphatic heterocycles. The fraction of sp³-hybridized carbons (Fsp3) is 0.273. The molecule has 9 nitrogen and oxygen atoms in total. The van der Waals surface area contributed by atoms with E-state index in [1.165, 1.54) is 0 Å².